The highest BCUT2D eigenvalue weighted by Gasteiger charge is 2.27. The van der Waals surface area contributed by atoms with E-state index in [1.807, 2.05) is 24.3 Å². The van der Waals surface area contributed by atoms with Gasteiger partial charge in [0, 0.05) is 0 Å². The Morgan fingerprint density at radius 2 is 1.53 bits per heavy atom. The Balaban J connectivity index is 1.64. The van der Waals surface area contributed by atoms with Gasteiger partial charge in [-0.05, 0) is 81.5 Å². The van der Waals surface area contributed by atoms with Gasteiger partial charge in [0.2, 0.25) is 0 Å². The summed E-state index contributed by atoms with van der Waals surface area (Å²) >= 11 is 0. The molecule has 0 spiro atoms. The molecule has 0 amide bonds. The zero-order valence-electron chi connectivity index (χ0n) is 21.2. The van der Waals surface area contributed by atoms with E-state index in [9.17, 15) is 4.79 Å². The standard InChI is InChI=1S/C29H48O3/c1-5-7-8-9-13-24(4)31-27-19-21-28(22-20-27)32-29(30)26-17-15-25(16-18-26)14-11-10-12-23(3)6-2/h19-26H,5-18H2,1-4H3/t23?,24-,25?,26?/m1/s1. The van der Waals surface area contributed by atoms with Crippen molar-refractivity contribution in [3.63, 3.8) is 0 Å². The lowest BCUT2D eigenvalue weighted by atomic mass is 9.79. The zero-order chi connectivity index (χ0) is 23.2. The summed E-state index contributed by atoms with van der Waals surface area (Å²) in [5.41, 5.74) is 0. The van der Waals surface area contributed by atoms with E-state index in [4.69, 9.17) is 9.47 Å². The van der Waals surface area contributed by atoms with E-state index >= 15 is 0 Å². The largest absolute Gasteiger partial charge is 0.491 e. The van der Waals surface area contributed by atoms with Gasteiger partial charge < -0.3 is 9.47 Å². The Kier molecular flexibility index (Phi) is 12.8. The summed E-state index contributed by atoms with van der Waals surface area (Å²) in [6, 6.07) is 7.56. The average Bonchev–Trinajstić information content (AvgIpc) is 2.81. The minimum Gasteiger partial charge on any atom is -0.491 e. The summed E-state index contributed by atoms with van der Waals surface area (Å²) < 4.78 is 11.7. The molecule has 1 aliphatic carbocycles. The SMILES string of the molecule is CCCCCC[C@@H](C)Oc1ccc(OC(=O)C2CCC(CCCCC(C)CC)CC2)cc1. The van der Waals surface area contributed by atoms with E-state index in [2.05, 4.69) is 27.7 Å². The third-order valence-electron chi connectivity index (χ3n) is 7.28. The second-order valence-electron chi connectivity index (χ2n) is 10.2. The highest BCUT2D eigenvalue weighted by molar-refractivity contribution is 5.75. The van der Waals surface area contributed by atoms with Crippen LogP contribution in [0.4, 0.5) is 0 Å². The maximum atomic E-state index is 12.6. The summed E-state index contributed by atoms with van der Waals surface area (Å²) in [5.74, 6) is 3.15. The normalized spacial score (nSPS) is 20.5. The van der Waals surface area contributed by atoms with Crippen molar-refractivity contribution in [2.45, 2.75) is 124 Å². The monoisotopic (exact) mass is 444 g/mol. The van der Waals surface area contributed by atoms with E-state index in [0.717, 1.165) is 36.8 Å². The average molecular weight is 445 g/mol. The number of hydrogen-bond donors (Lipinski definition) is 0. The van der Waals surface area contributed by atoms with Crippen LogP contribution in [0.2, 0.25) is 0 Å². The predicted molar refractivity (Wildman–Crippen MR) is 134 cm³/mol. The van der Waals surface area contributed by atoms with Crippen molar-refractivity contribution in [2.75, 3.05) is 0 Å². The van der Waals surface area contributed by atoms with Crippen LogP contribution in [0.1, 0.15) is 118 Å². The first-order chi connectivity index (χ1) is 15.5. The van der Waals surface area contributed by atoms with Crippen LogP contribution in [-0.4, -0.2) is 12.1 Å². The molecule has 32 heavy (non-hydrogen) atoms. The van der Waals surface area contributed by atoms with Crippen molar-refractivity contribution in [1.29, 1.82) is 0 Å². The molecule has 1 fully saturated rings. The minimum atomic E-state index is -0.0572. The van der Waals surface area contributed by atoms with Crippen molar-refractivity contribution in [1.82, 2.24) is 0 Å². The van der Waals surface area contributed by atoms with Crippen LogP contribution in [-0.2, 0) is 4.79 Å². The lowest BCUT2D eigenvalue weighted by molar-refractivity contribution is -0.140. The molecule has 0 aliphatic heterocycles. The number of esters is 1. The molecule has 3 nitrogen and oxygen atoms in total. The fourth-order valence-corrected chi connectivity index (χ4v) is 4.75. The molecule has 1 aliphatic rings. The molecule has 182 valence electrons. The van der Waals surface area contributed by atoms with Crippen molar-refractivity contribution in [3.05, 3.63) is 24.3 Å². The van der Waals surface area contributed by atoms with E-state index in [1.165, 1.54) is 70.6 Å². The summed E-state index contributed by atoms with van der Waals surface area (Å²) in [4.78, 5) is 12.6. The highest BCUT2D eigenvalue weighted by Crippen LogP contribution is 2.33. The summed E-state index contributed by atoms with van der Waals surface area (Å²) in [5, 5.41) is 0. The summed E-state index contributed by atoms with van der Waals surface area (Å²) in [6.07, 6.45) is 17.3. The van der Waals surface area contributed by atoms with E-state index < -0.39 is 0 Å². The number of benzene rings is 1. The minimum absolute atomic E-state index is 0.0572. The molecule has 0 N–H and O–H groups in total. The van der Waals surface area contributed by atoms with Gasteiger partial charge in [-0.25, -0.2) is 0 Å². The number of ether oxygens (including phenoxy) is 2. The first kappa shape index (κ1) is 26.7. The van der Waals surface area contributed by atoms with E-state index in [0.29, 0.717) is 5.75 Å². The van der Waals surface area contributed by atoms with Crippen molar-refractivity contribution in [2.24, 2.45) is 17.8 Å². The molecule has 3 heteroatoms. The van der Waals surface area contributed by atoms with Crippen LogP contribution in [0, 0.1) is 17.8 Å². The van der Waals surface area contributed by atoms with Crippen LogP contribution >= 0.6 is 0 Å². The Labute approximate surface area is 197 Å². The first-order valence-corrected chi connectivity index (χ1v) is 13.5. The molecule has 1 aromatic carbocycles. The molecule has 1 aromatic rings. The Bertz CT molecular complexity index is 616. The highest BCUT2D eigenvalue weighted by atomic mass is 16.5. The molecule has 0 radical (unpaired) electrons. The molecule has 2 atom stereocenters. The lowest BCUT2D eigenvalue weighted by Gasteiger charge is -2.27. The molecule has 0 saturated heterocycles. The molecule has 1 unspecified atom stereocenters. The second kappa shape index (κ2) is 15.3. The molecule has 0 bridgehead atoms. The predicted octanol–water partition coefficient (Wildman–Crippen LogP) is 8.74. The van der Waals surface area contributed by atoms with Crippen LogP contribution in [0.25, 0.3) is 0 Å². The lowest BCUT2D eigenvalue weighted by Crippen LogP contribution is -2.25. The van der Waals surface area contributed by atoms with Crippen molar-refractivity contribution < 1.29 is 14.3 Å². The Hall–Kier alpha value is -1.51. The second-order valence-corrected chi connectivity index (χ2v) is 10.2. The van der Waals surface area contributed by atoms with Gasteiger partial charge in [-0.15, -0.1) is 0 Å². The van der Waals surface area contributed by atoms with Crippen LogP contribution < -0.4 is 9.47 Å². The van der Waals surface area contributed by atoms with Crippen LogP contribution in [0.5, 0.6) is 11.5 Å². The fourth-order valence-electron chi connectivity index (χ4n) is 4.75. The molecule has 0 aromatic heterocycles. The number of rotatable bonds is 15. The Morgan fingerprint density at radius 1 is 0.875 bits per heavy atom. The summed E-state index contributed by atoms with van der Waals surface area (Å²) in [6.45, 7) is 9.00. The molecular formula is C29H48O3. The molecule has 1 saturated carbocycles. The van der Waals surface area contributed by atoms with Gasteiger partial charge in [0.1, 0.15) is 11.5 Å². The first-order valence-electron chi connectivity index (χ1n) is 13.5. The van der Waals surface area contributed by atoms with Gasteiger partial charge in [0.15, 0.2) is 0 Å². The maximum absolute atomic E-state index is 12.6. The van der Waals surface area contributed by atoms with Crippen molar-refractivity contribution in [3.8, 4) is 11.5 Å². The number of unbranched alkanes of at least 4 members (excludes halogenated alkanes) is 4. The van der Waals surface area contributed by atoms with Gasteiger partial charge >= 0.3 is 5.97 Å². The maximum Gasteiger partial charge on any atom is 0.314 e. The van der Waals surface area contributed by atoms with Gasteiger partial charge in [-0.3, -0.25) is 4.79 Å². The molecule has 2 rings (SSSR count). The number of hydrogen-bond acceptors (Lipinski definition) is 3. The quantitative estimate of drug-likeness (QED) is 0.154. The fraction of sp³-hybridized carbons (Fsp3) is 0.759. The van der Waals surface area contributed by atoms with Crippen LogP contribution in [0.3, 0.4) is 0 Å². The van der Waals surface area contributed by atoms with Gasteiger partial charge in [-0.2, -0.15) is 0 Å². The van der Waals surface area contributed by atoms with E-state index in [-0.39, 0.29) is 18.0 Å². The van der Waals surface area contributed by atoms with Crippen molar-refractivity contribution >= 4 is 5.97 Å². The van der Waals surface area contributed by atoms with E-state index in [1.54, 1.807) is 0 Å². The Morgan fingerprint density at radius 3 is 2.19 bits per heavy atom. The van der Waals surface area contributed by atoms with Gasteiger partial charge in [-0.1, -0.05) is 72.1 Å². The zero-order valence-corrected chi connectivity index (χ0v) is 21.2. The smallest absolute Gasteiger partial charge is 0.314 e. The summed E-state index contributed by atoms with van der Waals surface area (Å²) in [7, 11) is 0. The van der Waals surface area contributed by atoms with Crippen LogP contribution in [0.15, 0.2) is 24.3 Å². The number of carbonyl (C=O) groups excluding carboxylic acids is 1. The van der Waals surface area contributed by atoms with Gasteiger partial charge in [0.05, 0.1) is 12.0 Å². The number of carbonyl (C=O) groups is 1. The third kappa shape index (κ3) is 10.4. The third-order valence-corrected chi connectivity index (χ3v) is 7.28. The topological polar surface area (TPSA) is 35.5 Å². The van der Waals surface area contributed by atoms with Gasteiger partial charge in [0.25, 0.3) is 0 Å². The molecular weight excluding hydrogens is 396 g/mol. The molecule has 0 heterocycles.